The molecule has 152 valence electrons. The van der Waals surface area contributed by atoms with Crippen LogP contribution >= 0.6 is 0 Å². The number of methoxy groups -OCH3 is 1. The van der Waals surface area contributed by atoms with E-state index in [-0.39, 0.29) is 12.4 Å². The van der Waals surface area contributed by atoms with Crippen LogP contribution in [0.15, 0.2) is 65.5 Å². The molecular formula is C22H19FN4O3. The molecule has 0 aliphatic rings. The Kier molecular flexibility index (Phi) is 5.30. The Morgan fingerprint density at radius 1 is 1.10 bits per heavy atom. The lowest BCUT2D eigenvalue weighted by Crippen LogP contribution is -2.18. The van der Waals surface area contributed by atoms with Gasteiger partial charge in [0.15, 0.2) is 11.6 Å². The van der Waals surface area contributed by atoms with Crippen molar-refractivity contribution in [2.45, 2.75) is 13.5 Å². The Balaban J connectivity index is 1.66. The minimum absolute atomic E-state index is 0.0553. The third kappa shape index (κ3) is 3.67. The molecule has 1 aromatic heterocycles. The van der Waals surface area contributed by atoms with Crippen LogP contribution in [0, 0.1) is 12.7 Å². The van der Waals surface area contributed by atoms with Crippen LogP contribution in [-0.4, -0.2) is 27.3 Å². The monoisotopic (exact) mass is 406 g/mol. The standard InChI is InChI=1S/C22H19FN4O3/c1-14-6-3-10-19(27-22(28)24-25-26-27)18(14)13-30-20-11-5-9-17(21(20)23)15-7-4-8-16(12-15)29-2/h3-12H,13H2,1-2H3,(H,24,26,28). The van der Waals surface area contributed by atoms with Gasteiger partial charge in [-0.25, -0.2) is 14.3 Å². The number of aromatic nitrogens is 4. The fourth-order valence-electron chi connectivity index (χ4n) is 3.21. The fourth-order valence-corrected chi connectivity index (χ4v) is 3.21. The van der Waals surface area contributed by atoms with Gasteiger partial charge in [-0.1, -0.05) is 36.4 Å². The first kappa shape index (κ1) is 19.4. The number of tetrazole rings is 1. The first-order chi connectivity index (χ1) is 14.6. The summed E-state index contributed by atoms with van der Waals surface area (Å²) in [5.74, 6) is 0.275. The largest absolute Gasteiger partial charge is 0.497 e. The highest BCUT2D eigenvalue weighted by molar-refractivity contribution is 5.67. The molecule has 7 nitrogen and oxygen atoms in total. The number of aryl methyl sites for hydroxylation is 1. The number of hydrogen-bond acceptors (Lipinski definition) is 5. The molecule has 4 rings (SSSR count). The molecule has 0 unspecified atom stereocenters. The van der Waals surface area contributed by atoms with E-state index in [9.17, 15) is 4.79 Å². The number of H-pyrrole nitrogens is 1. The summed E-state index contributed by atoms with van der Waals surface area (Å²) in [6.07, 6.45) is 0. The van der Waals surface area contributed by atoms with Gasteiger partial charge in [-0.2, -0.15) is 4.68 Å². The maximum absolute atomic E-state index is 15.2. The van der Waals surface area contributed by atoms with Crippen LogP contribution < -0.4 is 15.2 Å². The SMILES string of the molecule is COc1cccc(-c2cccc(OCc3c(C)cccc3-n3nn[nH]c3=O)c2F)c1. The van der Waals surface area contributed by atoms with Gasteiger partial charge in [0.2, 0.25) is 0 Å². The van der Waals surface area contributed by atoms with Gasteiger partial charge in [0.05, 0.1) is 12.8 Å². The van der Waals surface area contributed by atoms with Gasteiger partial charge >= 0.3 is 5.69 Å². The number of halogens is 1. The summed E-state index contributed by atoms with van der Waals surface area (Å²) >= 11 is 0. The number of ether oxygens (including phenoxy) is 2. The molecule has 0 amide bonds. The van der Waals surface area contributed by atoms with E-state index >= 15 is 4.39 Å². The zero-order chi connectivity index (χ0) is 21.1. The first-order valence-corrected chi connectivity index (χ1v) is 9.23. The molecule has 0 bridgehead atoms. The molecular weight excluding hydrogens is 387 g/mol. The third-order valence-corrected chi connectivity index (χ3v) is 4.80. The summed E-state index contributed by atoms with van der Waals surface area (Å²) in [5, 5.41) is 9.58. The number of hydrogen-bond donors (Lipinski definition) is 1. The van der Waals surface area contributed by atoms with Crippen LogP contribution in [0.4, 0.5) is 4.39 Å². The van der Waals surface area contributed by atoms with Crippen molar-refractivity contribution in [3.05, 3.63) is 88.1 Å². The summed E-state index contributed by atoms with van der Waals surface area (Å²) in [6, 6.07) is 17.6. The number of nitrogens with one attached hydrogen (secondary N) is 1. The molecule has 0 saturated carbocycles. The second kappa shape index (κ2) is 8.20. The number of rotatable bonds is 6. The Morgan fingerprint density at radius 2 is 1.90 bits per heavy atom. The van der Waals surface area contributed by atoms with Gasteiger partial charge in [0, 0.05) is 11.1 Å². The molecule has 4 aromatic rings. The molecule has 0 atom stereocenters. The highest BCUT2D eigenvalue weighted by atomic mass is 19.1. The van der Waals surface area contributed by atoms with Gasteiger partial charge in [0.1, 0.15) is 12.4 Å². The van der Waals surface area contributed by atoms with Gasteiger partial charge in [0.25, 0.3) is 0 Å². The highest BCUT2D eigenvalue weighted by Gasteiger charge is 2.15. The second-order valence-corrected chi connectivity index (χ2v) is 6.63. The van der Waals surface area contributed by atoms with E-state index in [1.807, 2.05) is 13.0 Å². The van der Waals surface area contributed by atoms with Crippen LogP contribution in [0.5, 0.6) is 11.5 Å². The van der Waals surface area contributed by atoms with Crippen LogP contribution in [0.2, 0.25) is 0 Å². The fraction of sp³-hybridized carbons (Fsp3) is 0.136. The zero-order valence-corrected chi connectivity index (χ0v) is 16.4. The van der Waals surface area contributed by atoms with Crippen LogP contribution in [0.3, 0.4) is 0 Å². The van der Waals surface area contributed by atoms with E-state index in [1.165, 1.54) is 0 Å². The summed E-state index contributed by atoms with van der Waals surface area (Å²) in [4.78, 5) is 11.9. The third-order valence-electron chi connectivity index (χ3n) is 4.80. The molecule has 1 heterocycles. The predicted octanol–water partition coefficient (Wildman–Crippen LogP) is 3.66. The van der Waals surface area contributed by atoms with Crippen molar-refractivity contribution in [2.24, 2.45) is 0 Å². The van der Waals surface area contributed by atoms with E-state index in [2.05, 4.69) is 15.5 Å². The predicted molar refractivity (Wildman–Crippen MR) is 109 cm³/mol. The molecule has 1 N–H and O–H groups in total. The number of aromatic amines is 1. The Morgan fingerprint density at radius 3 is 2.67 bits per heavy atom. The Bertz CT molecular complexity index is 1250. The van der Waals surface area contributed by atoms with Crippen molar-refractivity contribution in [1.29, 1.82) is 0 Å². The molecule has 0 aliphatic heterocycles. The van der Waals surface area contributed by atoms with E-state index < -0.39 is 11.5 Å². The Labute approximate surface area is 171 Å². The van der Waals surface area contributed by atoms with Crippen LogP contribution in [0.1, 0.15) is 11.1 Å². The summed E-state index contributed by atoms with van der Waals surface area (Å²) in [7, 11) is 1.56. The molecule has 3 aromatic carbocycles. The lowest BCUT2D eigenvalue weighted by Gasteiger charge is -2.14. The average Bonchev–Trinajstić information content (AvgIpc) is 3.19. The van der Waals surface area contributed by atoms with Crippen molar-refractivity contribution >= 4 is 0 Å². The molecule has 0 spiro atoms. The van der Waals surface area contributed by atoms with Crippen molar-refractivity contribution in [2.75, 3.05) is 7.11 Å². The maximum atomic E-state index is 15.2. The summed E-state index contributed by atoms with van der Waals surface area (Å²) in [6.45, 7) is 1.94. The van der Waals surface area contributed by atoms with Gasteiger partial charge in [-0.15, -0.1) is 0 Å². The zero-order valence-electron chi connectivity index (χ0n) is 16.4. The minimum Gasteiger partial charge on any atom is -0.497 e. The van der Waals surface area contributed by atoms with E-state index in [1.54, 1.807) is 61.7 Å². The minimum atomic E-state index is -0.473. The lowest BCUT2D eigenvalue weighted by atomic mass is 10.0. The average molecular weight is 406 g/mol. The molecule has 8 heteroatoms. The number of benzene rings is 3. The summed E-state index contributed by atoms with van der Waals surface area (Å²) in [5.41, 5.74) is 2.74. The Hall–Kier alpha value is -3.94. The summed E-state index contributed by atoms with van der Waals surface area (Å²) < 4.78 is 27.4. The first-order valence-electron chi connectivity index (χ1n) is 9.23. The van der Waals surface area contributed by atoms with E-state index in [4.69, 9.17) is 9.47 Å². The molecule has 0 aliphatic carbocycles. The van der Waals surface area contributed by atoms with Crippen molar-refractivity contribution in [3.8, 4) is 28.3 Å². The lowest BCUT2D eigenvalue weighted by molar-refractivity contribution is 0.289. The van der Waals surface area contributed by atoms with Gasteiger partial charge < -0.3 is 9.47 Å². The molecule has 0 fully saturated rings. The van der Waals surface area contributed by atoms with Crippen molar-refractivity contribution in [1.82, 2.24) is 20.2 Å². The normalized spacial score (nSPS) is 10.8. The highest BCUT2D eigenvalue weighted by Crippen LogP contribution is 2.31. The van der Waals surface area contributed by atoms with E-state index in [0.717, 1.165) is 10.2 Å². The van der Waals surface area contributed by atoms with E-state index in [0.29, 0.717) is 28.1 Å². The van der Waals surface area contributed by atoms with Crippen LogP contribution in [-0.2, 0) is 6.61 Å². The van der Waals surface area contributed by atoms with Crippen molar-refractivity contribution < 1.29 is 13.9 Å². The molecule has 0 saturated heterocycles. The smallest absolute Gasteiger partial charge is 0.365 e. The van der Waals surface area contributed by atoms with Gasteiger partial charge in [-0.05, 0) is 52.7 Å². The van der Waals surface area contributed by atoms with Gasteiger partial charge in [-0.3, -0.25) is 0 Å². The second-order valence-electron chi connectivity index (χ2n) is 6.63. The quantitative estimate of drug-likeness (QED) is 0.529. The molecule has 0 radical (unpaired) electrons. The van der Waals surface area contributed by atoms with Crippen molar-refractivity contribution in [3.63, 3.8) is 0 Å². The molecule has 30 heavy (non-hydrogen) atoms. The topological polar surface area (TPSA) is 82.0 Å². The number of nitrogens with zero attached hydrogens (tertiary/aromatic N) is 3. The maximum Gasteiger partial charge on any atom is 0.365 e. The van der Waals surface area contributed by atoms with Crippen LogP contribution in [0.25, 0.3) is 16.8 Å².